The second-order valence-corrected chi connectivity index (χ2v) is 4.55. The van der Waals surface area contributed by atoms with Crippen LogP contribution in [0.5, 0.6) is 5.75 Å². The first-order valence-corrected chi connectivity index (χ1v) is 5.76. The van der Waals surface area contributed by atoms with Gasteiger partial charge in [-0.05, 0) is 11.1 Å². The molecule has 0 saturated heterocycles. The summed E-state index contributed by atoms with van der Waals surface area (Å²) in [5.74, 6) is 1.33. The highest BCUT2D eigenvalue weighted by atomic mass is 16.5. The third-order valence-electron chi connectivity index (χ3n) is 3.41. The lowest BCUT2D eigenvalue weighted by Crippen LogP contribution is -2.19. The predicted octanol–water partition coefficient (Wildman–Crippen LogP) is 1.57. The molecule has 1 aromatic carbocycles. The molecule has 0 bridgehead atoms. The van der Waals surface area contributed by atoms with Gasteiger partial charge in [-0.1, -0.05) is 12.1 Å². The van der Waals surface area contributed by atoms with E-state index in [-0.39, 0.29) is 0 Å². The zero-order valence-electron chi connectivity index (χ0n) is 9.45. The van der Waals surface area contributed by atoms with Gasteiger partial charge in [0.15, 0.2) is 0 Å². The number of anilines is 1. The summed E-state index contributed by atoms with van der Waals surface area (Å²) >= 11 is 0. The van der Waals surface area contributed by atoms with Crippen molar-refractivity contribution >= 4 is 11.5 Å². The molecule has 2 aliphatic rings. The van der Waals surface area contributed by atoms with Gasteiger partial charge in [0.1, 0.15) is 11.5 Å². The van der Waals surface area contributed by atoms with Crippen molar-refractivity contribution in [2.75, 3.05) is 25.1 Å². The molecule has 0 N–H and O–H groups in total. The van der Waals surface area contributed by atoms with Crippen molar-refractivity contribution in [3.8, 4) is 5.75 Å². The van der Waals surface area contributed by atoms with Gasteiger partial charge in [0.2, 0.25) is 0 Å². The molecule has 0 radical (unpaired) electrons. The van der Waals surface area contributed by atoms with Crippen LogP contribution in [0, 0.1) is 0 Å². The lowest BCUT2D eigenvalue weighted by molar-refractivity contribution is -0.118. The highest BCUT2D eigenvalue weighted by molar-refractivity contribution is 5.86. The Bertz CT molecular complexity index is 453. The fourth-order valence-electron chi connectivity index (χ4n) is 2.54. The van der Waals surface area contributed by atoms with Crippen molar-refractivity contribution in [2.24, 2.45) is 0 Å². The molecule has 3 rings (SSSR count). The van der Waals surface area contributed by atoms with E-state index in [9.17, 15) is 4.79 Å². The van der Waals surface area contributed by atoms with Crippen LogP contribution in [0.25, 0.3) is 0 Å². The zero-order chi connectivity index (χ0) is 11.1. The summed E-state index contributed by atoms with van der Waals surface area (Å²) in [6.45, 7) is 1.57. The van der Waals surface area contributed by atoms with Crippen LogP contribution in [0.15, 0.2) is 12.1 Å². The minimum atomic E-state index is 0.323. The monoisotopic (exact) mass is 217 g/mol. The molecule has 16 heavy (non-hydrogen) atoms. The van der Waals surface area contributed by atoms with Gasteiger partial charge in [-0.15, -0.1) is 0 Å². The molecule has 1 aromatic rings. The molecule has 0 atom stereocenters. The molecular formula is C13H15NO2. The van der Waals surface area contributed by atoms with Crippen LogP contribution in [0.2, 0.25) is 0 Å². The number of carbonyl (C=O) groups is 1. The number of carbonyl (C=O) groups excluding carboxylic acids is 1. The minimum absolute atomic E-state index is 0.323. The lowest BCUT2D eigenvalue weighted by Gasteiger charge is -2.21. The molecule has 0 saturated carbocycles. The van der Waals surface area contributed by atoms with Gasteiger partial charge in [-0.3, -0.25) is 4.79 Å². The predicted molar refractivity (Wildman–Crippen MR) is 62.2 cm³/mol. The average Bonchev–Trinajstić information content (AvgIpc) is 2.68. The van der Waals surface area contributed by atoms with Gasteiger partial charge < -0.3 is 9.64 Å². The first-order valence-electron chi connectivity index (χ1n) is 5.76. The molecule has 2 heterocycles. The van der Waals surface area contributed by atoms with Crippen LogP contribution < -0.4 is 9.64 Å². The Morgan fingerprint density at radius 2 is 2.06 bits per heavy atom. The number of ketones is 1. The Kier molecular flexibility index (Phi) is 2.13. The Balaban J connectivity index is 2.16. The number of benzene rings is 1. The van der Waals surface area contributed by atoms with Gasteiger partial charge in [0, 0.05) is 32.9 Å². The number of nitrogens with zero attached hydrogens (tertiary/aromatic N) is 1. The number of hydrogen-bond donors (Lipinski definition) is 0. The topological polar surface area (TPSA) is 29.5 Å². The maximum atomic E-state index is 11.6. The molecule has 0 amide bonds. The van der Waals surface area contributed by atoms with E-state index < -0.39 is 0 Å². The smallest absolute Gasteiger partial charge is 0.146 e. The molecule has 3 heteroatoms. The normalized spacial score (nSPS) is 18.8. The highest BCUT2D eigenvalue weighted by Gasteiger charge is 2.25. The molecule has 3 nitrogen and oxygen atoms in total. The van der Waals surface area contributed by atoms with Crippen LogP contribution in [-0.4, -0.2) is 26.0 Å². The van der Waals surface area contributed by atoms with Crippen molar-refractivity contribution in [2.45, 2.75) is 19.3 Å². The molecule has 84 valence electrons. The Labute approximate surface area is 95.0 Å². The van der Waals surface area contributed by atoms with Crippen LogP contribution in [-0.2, 0) is 17.6 Å². The summed E-state index contributed by atoms with van der Waals surface area (Å²) in [6.07, 6.45) is 2.18. The van der Waals surface area contributed by atoms with Crippen LogP contribution >= 0.6 is 0 Å². The lowest BCUT2D eigenvalue weighted by atomic mass is 10.0. The van der Waals surface area contributed by atoms with Gasteiger partial charge in [0.05, 0.1) is 12.3 Å². The van der Waals surface area contributed by atoms with E-state index in [0.717, 1.165) is 36.6 Å². The Morgan fingerprint density at radius 3 is 2.94 bits per heavy atom. The quantitative estimate of drug-likeness (QED) is 0.660. The fraction of sp³-hybridized carbons (Fsp3) is 0.462. The zero-order valence-corrected chi connectivity index (χ0v) is 9.45. The van der Waals surface area contributed by atoms with E-state index >= 15 is 0 Å². The fourth-order valence-corrected chi connectivity index (χ4v) is 2.54. The van der Waals surface area contributed by atoms with Crippen molar-refractivity contribution in [1.82, 2.24) is 0 Å². The first kappa shape index (κ1) is 9.70. The molecule has 0 fully saturated rings. The largest absolute Gasteiger partial charge is 0.491 e. The molecule has 0 spiro atoms. The number of hydrogen-bond acceptors (Lipinski definition) is 3. The van der Waals surface area contributed by atoms with Gasteiger partial charge >= 0.3 is 0 Å². The van der Waals surface area contributed by atoms with E-state index in [1.54, 1.807) is 0 Å². The first-order chi connectivity index (χ1) is 7.75. The molecule has 2 aliphatic heterocycles. The summed E-state index contributed by atoms with van der Waals surface area (Å²) in [5, 5.41) is 0. The van der Waals surface area contributed by atoms with Gasteiger partial charge in [-0.25, -0.2) is 0 Å². The molecule has 0 unspecified atom stereocenters. The van der Waals surface area contributed by atoms with E-state index in [2.05, 4.69) is 17.0 Å². The van der Waals surface area contributed by atoms with Crippen molar-refractivity contribution < 1.29 is 9.53 Å². The van der Waals surface area contributed by atoms with Crippen molar-refractivity contribution in [3.05, 3.63) is 23.3 Å². The second kappa shape index (κ2) is 3.51. The Morgan fingerprint density at radius 1 is 1.25 bits per heavy atom. The second-order valence-electron chi connectivity index (χ2n) is 4.55. The summed E-state index contributed by atoms with van der Waals surface area (Å²) in [4.78, 5) is 13.8. The van der Waals surface area contributed by atoms with E-state index in [1.807, 2.05) is 7.05 Å². The maximum absolute atomic E-state index is 11.6. The van der Waals surface area contributed by atoms with Crippen molar-refractivity contribution in [1.29, 1.82) is 0 Å². The summed E-state index contributed by atoms with van der Waals surface area (Å²) in [6, 6.07) is 4.19. The number of ether oxygens (including phenoxy) is 1. The summed E-state index contributed by atoms with van der Waals surface area (Å²) < 4.78 is 5.71. The molecular weight excluding hydrogens is 202 g/mol. The standard InChI is InChI=1S/C13H15NO2/c1-14-6-4-11(15)8-10-3-2-9-5-7-16-13(9)12(10)14/h2-3H,4-8H2,1H3. The molecule has 0 aliphatic carbocycles. The average molecular weight is 217 g/mol. The number of rotatable bonds is 0. The van der Waals surface area contributed by atoms with Gasteiger partial charge in [-0.2, -0.15) is 0 Å². The number of Topliss-reactive ketones (excluding diaryl/α,β-unsaturated/α-hetero) is 1. The van der Waals surface area contributed by atoms with Crippen LogP contribution in [0.1, 0.15) is 17.5 Å². The van der Waals surface area contributed by atoms with Crippen LogP contribution in [0.3, 0.4) is 0 Å². The highest BCUT2D eigenvalue weighted by Crippen LogP contribution is 2.40. The Hall–Kier alpha value is -1.51. The minimum Gasteiger partial charge on any atom is -0.491 e. The third kappa shape index (κ3) is 1.39. The van der Waals surface area contributed by atoms with E-state index in [0.29, 0.717) is 18.6 Å². The summed E-state index contributed by atoms with van der Waals surface area (Å²) in [7, 11) is 2.04. The van der Waals surface area contributed by atoms with E-state index in [1.165, 1.54) is 5.56 Å². The SMILES string of the molecule is CN1CCC(=O)Cc2ccc3c(c21)OCC3. The van der Waals surface area contributed by atoms with Crippen LogP contribution in [0.4, 0.5) is 5.69 Å². The third-order valence-corrected chi connectivity index (χ3v) is 3.41. The van der Waals surface area contributed by atoms with Crippen molar-refractivity contribution in [3.63, 3.8) is 0 Å². The van der Waals surface area contributed by atoms with Gasteiger partial charge in [0.25, 0.3) is 0 Å². The molecule has 0 aromatic heterocycles. The maximum Gasteiger partial charge on any atom is 0.146 e. The summed E-state index contributed by atoms with van der Waals surface area (Å²) in [5.41, 5.74) is 3.53. The van der Waals surface area contributed by atoms with E-state index in [4.69, 9.17) is 4.74 Å². The number of fused-ring (bicyclic) bond motifs is 3.